The molecule has 0 bridgehead atoms. The molecule has 2 amide bonds. The average molecular weight is 421 g/mol. The number of benzene rings is 2. The van der Waals surface area contributed by atoms with E-state index in [-0.39, 0.29) is 11.4 Å². The maximum atomic E-state index is 13.1. The topological polar surface area (TPSA) is 70.7 Å². The van der Waals surface area contributed by atoms with Crippen LogP contribution < -0.4 is 10.6 Å². The predicted octanol–water partition coefficient (Wildman–Crippen LogP) is 3.75. The maximum Gasteiger partial charge on any atom is 0.416 e. The van der Waals surface area contributed by atoms with E-state index in [9.17, 15) is 22.8 Å². The smallest absolute Gasteiger partial charge is 0.379 e. The molecule has 0 saturated carbocycles. The zero-order valence-corrected chi connectivity index (χ0v) is 16.4. The zero-order valence-electron chi connectivity index (χ0n) is 16.4. The van der Waals surface area contributed by atoms with E-state index >= 15 is 0 Å². The molecular weight excluding hydrogens is 399 g/mol. The molecule has 0 unspecified atom stereocenters. The Balaban J connectivity index is 1.80. The number of anilines is 2. The van der Waals surface area contributed by atoms with Gasteiger partial charge in [-0.1, -0.05) is 12.1 Å². The molecule has 1 aliphatic heterocycles. The van der Waals surface area contributed by atoms with Crippen LogP contribution >= 0.6 is 0 Å². The fraction of sp³-hybridized carbons (Fsp3) is 0.333. The van der Waals surface area contributed by atoms with Crippen molar-refractivity contribution in [2.24, 2.45) is 0 Å². The van der Waals surface area contributed by atoms with Crippen LogP contribution in [0.15, 0.2) is 42.5 Å². The van der Waals surface area contributed by atoms with Gasteiger partial charge >= 0.3 is 6.18 Å². The normalized spacial score (nSPS) is 14.9. The molecule has 1 saturated heterocycles. The predicted molar refractivity (Wildman–Crippen MR) is 106 cm³/mol. The molecule has 2 N–H and O–H groups in total. The van der Waals surface area contributed by atoms with Gasteiger partial charge < -0.3 is 15.4 Å². The lowest BCUT2D eigenvalue weighted by atomic mass is 10.1. The number of nitrogens with one attached hydrogen (secondary N) is 2. The monoisotopic (exact) mass is 421 g/mol. The van der Waals surface area contributed by atoms with Crippen molar-refractivity contribution in [3.05, 3.63) is 59.2 Å². The van der Waals surface area contributed by atoms with Crippen LogP contribution in [-0.4, -0.2) is 43.0 Å². The number of hydrogen-bond donors (Lipinski definition) is 2. The second-order valence-electron chi connectivity index (χ2n) is 6.98. The molecule has 30 heavy (non-hydrogen) atoms. The van der Waals surface area contributed by atoms with Crippen LogP contribution in [0, 0.1) is 0 Å². The van der Waals surface area contributed by atoms with Crippen molar-refractivity contribution in [1.29, 1.82) is 0 Å². The van der Waals surface area contributed by atoms with Gasteiger partial charge in [0.1, 0.15) is 0 Å². The van der Waals surface area contributed by atoms with Gasteiger partial charge in [-0.05, 0) is 35.9 Å². The Kier molecular flexibility index (Phi) is 6.73. The van der Waals surface area contributed by atoms with E-state index in [1.807, 2.05) is 6.07 Å². The third-order valence-corrected chi connectivity index (χ3v) is 4.60. The first-order valence-electron chi connectivity index (χ1n) is 9.41. The summed E-state index contributed by atoms with van der Waals surface area (Å²) >= 11 is 0. The van der Waals surface area contributed by atoms with Gasteiger partial charge in [0.2, 0.25) is 5.91 Å². The van der Waals surface area contributed by atoms with E-state index in [1.54, 1.807) is 18.2 Å². The second-order valence-corrected chi connectivity index (χ2v) is 6.98. The molecule has 0 atom stereocenters. The first-order chi connectivity index (χ1) is 14.2. The summed E-state index contributed by atoms with van der Waals surface area (Å²) in [5, 5.41) is 4.92. The van der Waals surface area contributed by atoms with Crippen molar-refractivity contribution in [3.8, 4) is 0 Å². The summed E-state index contributed by atoms with van der Waals surface area (Å²) in [5.74, 6) is -1.03. The summed E-state index contributed by atoms with van der Waals surface area (Å²) in [4.78, 5) is 26.3. The highest BCUT2D eigenvalue weighted by Gasteiger charge is 2.31. The maximum absolute atomic E-state index is 13.1. The molecule has 0 spiro atoms. The molecular formula is C21H22F3N3O3. The Labute approximate surface area is 172 Å². The Morgan fingerprint density at radius 2 is 1.77 bits per heavy atom. The van der Waals surface area contributed by atoms with Crippen LogP contribution in [0.3, 0.4) is 0 Å². The fourth-order valence-electron chi connectivity index (χ4n) is 3.15. The van der Waals surface area contributed by atoms with Crippen molar-refractivity contribution in [1.82, 2.24) is 4.90 Å². The van der Waals surface area contributed by atoms with Gasteiger partial charge in [-0.15, -0.1) is 0 Å². The number of carbonyl (C=O) groups excluding carboxylic acids is 2. The van der Waals surface area contributed by atoms with E-state index in [1.165, 1.54) is 6.92 Å². The van der Waals surface area contributed by atoms with E-state index in [0.717, 1.165) is 36.9 Å². The number of ether oxygens (including phenoxy) is 1. The molecule has 1 fully saturated rings. The standard InChI is InChI=1S/C21H22F3N3O3/c1-14(28)25-18-6-5-17(21(22,23)24)12-19(18)26-20(29)16-4-2-3-15(11-16)13-27-7-9-30-10-8-27/h2-6,11-12H,7-10,13H2,1H3,(H,25,28)(H,26,29). The summed E-state index contributed by atoms with van der Waals surface area (Å²) in [5.41, 5.74) is 0.271. The molecule has 9 heteroatoms. The molecule has 3 rings (SSSR count). The van der Waals surface area contributed by atoms with Gasteiger partial charge in [-0.3, -0.25) is 14.5 Å². The number of amides is 2. The van der Waals surface area contributed by atoms with Crippen molar-refractivity contribution < 1.29 is 27.5 Å². The minimum absolute atomic E-state index is 0.0910. The van der Waals surface area contributed by atoms with Gasteiger partial charge in [0.15, 0.2) is 0 Å². The SMILES string of the molecule is CC(=O)Nc1ccc(C(F)(F)F)cc1NC(=O)c1cccc(CN2CCOCC2)c1. The summed E-state index contributed by atoms with van der Waals surface area (Å²) < 4.78 is 44.6. The first kappa shape index (κ1) is 21.8. The van der Waals surface area contributed by atoms with Crippen LogP contribution in [-0.2, 0) is 22.3 Å². The molecule has 6 nitrogen and oxygen atoms in total. The Bertz CT molecular complexity index is 925. The van der Waals surface area contributed by atoms with Crippen LogP contribution in [0.5, 0.6) is 0 Å². The van der Waals surface area contributed by atoms with Crippen molar-refractivity contribution in [2.75, 3.05) is 36.9 Å². The van der Waals surface area contributed by atoms with Crippen molar-refractivity contribution in [2.45, 2.75) is 19.6 Å². The lowest BCUT2D eigenvalue weighted by Gasteiger charge is -2.26. The Morgan fingerprint density at radius 3 is 2.43 bits per heavy atom. The van der Waals surface area contributed by atoms with Gasteiger partial charge in [0.05, 0.1) is 30.2 Å². The molecule has 2 aromatic carbocycles. The highest BCUT2D eigenvalue weighted by Crippen LogP contribution is 2.34. The van der Waals surface area contributed by atoms with Crippen LogP contribution in [0.2, 0.25) is 0 Å². The lowest BCUT2D eigenvalue weighted by Crippen LogP contribution is -2.35. The number of morpholine rings is 1. The van der Waals surface area contributed by atoms with E-state index in [2.05, 4.69) is 15.5 Å². The minimum Gasteiger partial charge on any atom is -0.379 e. The lowest BCUT2D eigenvalue weighted by molar-refractivity contribution is -0.137. The van der Waals surface area contributed by atoms with Crippen LogP contribution in [0.1, 0.15) is 28.4 Å². The largest absolute Gasteiger partial charge is 0.416 e. The van der Waals surface area contributed by atoms with E-state index in [4.69, 9.17) is 4.74 Å². The summed E-state index contributed by atoms with van der Waals surface area (Å²) in [6.45, 7) is 4.77. The number of carbonyl (C=O) groups is 2. The number of hydrogen-bond acceptors (Lipinski definition) is 4. The van der Waals surface area contributed by atoms with Crippen LogP contribution in [0.4, 0.5) is 24.5 Å². The van der Waals surface area contributed by atoms with Gasteiger partial charge in [0.25, 0.3) is 5.91 Å². The number of nitrogens with zero attached hydrogens (tertiary/aromatic N) is 1. The summed E-state index contributed by atoms with van der Waals surface area (Å²) in [6, 6.07) is 9.68. The number of rotatable bonds is 5. The minimum atomic E-state index is -4.58. The zero-order chi connectivity index (χ0) is 21.7. The fourth-order valence-corrected chi connectivity index (χ4v) is 3.15. The van der Waals surface area contributed by atoms with Crippen molar-refractivity contribution in [3.63, 3.8) is 0 Å². The Hall–Kier alpha value is -2.91. The van der Waals surface area contributed by atoms with E-state index in [0.29, 0.717) is 25.3 Å². The summed E-state index contributed by atoms with van der Waals surface area (Å²) in [7, 11) is 0. The quantitative estimate of drug-likeness (QED) is 0.772. The average Bonchev–Trinajstić information content (AvgIpc) is 2.69. The van der Waals surface area contributed by atoms with E-state index < -0.39 is 23.6 Å². The number of alkyl halides is 3. The van der Waals surface area contributed by atoms with Gasteiger partial charge in [-0.2, -0.15) is 13.2 Å². The molecule has 1 aliphatic rings. The van der Waals surface area contributed by atoms with Gasteiger partial charge in [0, 0.05) is 32.1 Å². The third kappa shape index (κ3) is 5.80. The van der Waals surface area contributed by atoms with Crippen molar-refractivity contribution >= 4 is 23.2 Å². The molecule has 160 valence electrons. The molecule has 0 radical (unpaired) electrons. The first-order valence-corrected chi connectivity index (χ1v) is 9.41. The summed E-state index contributed by atoms with van der Waals surface area (Å²) in [6.07, 6.45) is -4.58. The molecule has 0 aliphatic carbocycles. The van der Waals surface area contributed by atoms with Gasteiger partial charge in [-0.25, -0.2) is 0 Å². The second kappa shape index (κ2) is 9.27. The highest BCUT2D eigenvalue weighted by atomic mass is 19.4. The number of halogens is 3. The van der Waals surface area contributed by atoms with Crippen LogP contribution in [0.25, 0.3) is 0 Å². The molecule has 1 heterocycles. The highest BCUT2D eigenvalue weighted by molar-refractivity contribution is 6.07. The molecule has 2 aromatic rings. The molecule has 0 aromatic heterocycles. The Morgan fingerprint density at radius 1 is 1.03 bits per heavy atom. The third-order valence-electron chi connectivity index (χ3n) is 4.60.